The number of aliphatic hydroxyl groups is 1. The molecular weight excluding hydrogens is 290 g/mol. The molecule has 0 aromatic heterocycles. The van der Waals surface area contributed by atoms with Gasteiger partial charge in [0.2, 0.25) is 0 Å². The van der Waals surface area contributed by atoms with E-state index in [0.717, 1.165) is 35.7 Å². The fourth-order valence-corrected chi connectivity index (χ4v) is 3.23. The van der Waals surface area contributed by atoms with Gasteiger partial charge in [0.05, 0.1) is 17.6 Å². The van der Waals surface area contributed by atoms with Crippen LogP contribution in [0, 0.1) is 22.7 Å². The predicted octanol–water partition coefficient (Wildman–Crippen LogP) is 4.20. The molecule has 0 radical (unpaired) electrons. The van der Waals surface area contributed by atoms with Crippen molar-refractivity contribution in [3.8, 4) is 6.07 Å². The van der Waals surface area contributed by atoms with Crippen molar-refractivity contribution in [1.82, 2.24) is 0 Å². The second-order valence-electron chi connectivity index (χ2n) is 5.42. The van der Waals surface area contributed by atoms with E-state index < -0.39 is 11.5 Å². The molecule has 1 aliphatic rings. The minimum Gasteiger partial charge on any atom is -0.387 e. The van der Waals surface area contributed by atoms with Crippen molar-refractivity contribution in [3.05, 3.63) is 34.3 Å². The van der Waals surface area contributed by atoms with Gasteiger partial charge in [-0.25, -0.2) is 0 Å². The highest BCUT2D eigenvalue weighted by atomic mass is 79.9. The topological polar surface area (TPSA) is 44.0 Å². The molecule has 2 nitrogen and oxygen atoms in total. The first-order valence-corrected chi connectivity index (χ1v) is 7.21. The van der Waals surface area contributed by atoms with Crippen LogP contribution in [0.2, 0.25) is 0 Å². The third-order valence-electron chi connectivity index (χ3n) is 3.96. The zero-order valence-corrected chi connectivity index (χ0v) is 12.2. The fourth-order valence-electron chi connectivity index (χ4n) is 2.97. The first kappa shape index (κ1) is 13.6. The number of hydrogen-bond acceptors (Lipinski definition) is 2. The van der Waals surface area contributed by atoms with E-state index in [4.69, 9.17) is 0 Å². The fraction of sp³-hybridized carbons (Fsp3) is 0.533. The van der Waals surface area contributed by atoms with Gasteiger partial charge in [-0.1, -0.05) is 47.8 Å². The lowest BCUT2D eigenvalue weighted by atomic mass is 9.66. The average molecular weight is 308 g/mol. The second-order valence-corrected chi connectivity index (χ2v) is 6.34. The third-order valence-corrected chi connectivity index (χ3v) is 4.49. The molecular formula is C15H18BrNO. The van der Waals surface area contributed by atoms with Crippen molar-refractivity contribution < 1.29 is 5.11 Å². The van der Waals surface area contributed by atoms with Gasteiger partial charge in [0.25, 0.3) is 0 Å². The monoisotopic (exact) mass is 307 g/mol. The zero-order valence-electron chi connectivity index (χ0n) is 10.6. The van der Waals surface area contributed by atoms with Gasteiger partial charge in [-0.05, 0) is 36.5 Å². The van der Waals surface area contributed by atoms with Gasteiger partial charge >= 0.3 is 0 Å². The summed E-state index contributed by atoms with van der Waals surface area (Å²) in [5.41, 5.74) is 0.236. The third kappa shape index (κ3) is 2.60. The highest BCUT2D eigenvalue weighted by Gasteiger charge is 2.42. The Labute approximate surface area is 117 Å². The van der Waals surface area contributed by atoms with Crippen LogP contribution in [0.1, 0.15) is 44.3 Å². The van der Waals surface area contributed by atoms with Gasteiger partial charge in [-0.3, -0.25) is 0 Å². The maximum absolute atomic E-state index is 10.6. The number of rotatable bonds is 2. The Morgan fingerprint density at radius 2 is 2.11 bits per heavy atom. The van der Waals surface area contributed by atoms with Crippen LogP contribution in [-0.2, 0) is 0 Å². The van der Waals surface area contributed by atoms with E-state index in [2.05, 4.69) is 28.9 Å². The summed E-state index contributed by atoms with van der Waals surface area (Å²) in [5, 5.41) is 20.1. The molecule has 1 aromatic rings. The number of benzene rings is 1. The molecule has 0 aliphatic heterocycles. The molecule has 1 saturated carbocycles. The lowest BCUT2D eigenvalue weighted by molar-refractivity contribution is 0.0219. The first-order valence-electron chi connectivity index (χ1n) is 6.42. The van der Waals surface area contributed by atoms with Crippen molar-refractivity contribution in [3.63, 3.8) is 0 Å². The molecule has 1 aromatic carbocycles. The zero-order chi connectivity index (χ0) is 13.2. The van der Waals surface area contributed by atoms with E-state index in [1.165, 1.54) is 0 Å². The largest absolute Gasteiger partial charge is 0.387 e. The Hall–Kier alpha value is -0.850. The first-order chi connectivity index (χ1) is 8.57. The molecule has 0 spiro atoms. The quantitative estimate of drug-likeness (QED) is 0.889. The summed E-state index contributed by atoms with van der Waals surface area (Å²) in [4.78, 5) is 0. The van der Waals surface area contributed by atoms with Gasteiger partial charge in [-0.2, -0.15) is 5.26 Å². The summed E-state index contributed by atoms with van der Waals surface area (Å²) in [6, 6.07) is 10.0. The van der Waals surface area contributed by atoms with Crippen molar-refractivity contribution in [2.75, 3.05) is 0 Å². The van der Waals surface area contributed by atoms with Gasteiger partial charge in [0.15, 0.2) is 0 Å². The highest BCUT2D eigenvalue weighted by Crippen LogP contribution is 2.47. The molecule has 3 heteroatoms. The number of nitriles is 1. The van der Waals surface area contributed by atoms with Crippen LogP contribution in [0.25, 0.3) is 0 Å². The number of hydrogen-bond donors (Lipinski definition) is 1. The summed E-state index contributed by atoms with van der Waals surface area (Å²) < 4.78 is 0.987. The van der Waals surface area contributed by atoms with Crippen LogP contribution < -0.4 is 0 Å². The number of halogens is 1. The molecule has 1 N–H and O–H groups in total. The van der Waals surface area contributed by atoms with Crippen LogP contribution in [0.15, 0.2) is 28.7 Å². The van der Waals surface area contributed by atoms with Gasteiger partial charge in [-0.15, -0.1) is 0 Å². The maximum atomic E-state index is 10.6. The van der Waals surface area contributed by atoms with E-state index in [1.54, 1.807) is 0 Å². The number of aliphatic hydroxyl groups excluding tert-OH is 1. The molecule has 0 bridgehead atoms. The van der Waals surface area contributed by atoms with Gasteiger partial charge in [0, 0.05) is 4.47 Å². The van der Waals surface area contributed by atoms with Crippen LogP contribution >= 0.6 is 15.9 Å². The maximum Gasteiger partial charge on any atom is 0.0976 e. The Balaban J connectivity index is 2.27. The molecule has 3 atom stereocenters. The summed E-state index contributed by atoms with van der Waals surface area (Å²) in [6.45, 7) is 2.17. The minimum atomic E-state index is -0.682. The van der Waals surface area contributed by atoms with E-state index in [-0.39, 0.29) is 0 Å². The predicted molar refractivity (Wildman–Crippen MR) is 74.8 cm³/mol. The summed E-state index contributed by atoms with van der Waals surface area (Å²) in [5.74, 6) is 0.517. The molecule has 0 amide bonds. The van der Waals surface area contributed by atoms with Crippen molar-refractivity contribution in [1.29, 1.82) is 5.26 Å². The average Bonchev–Trinajstić information content (AvgIpc) is 2.38. The summed E-state index contributed by atoms with van der Waals surface area (Å²) in [7, 11) is 0. The van der Waals surface area contributed by atoms with E-state index in [1.807, 2.05) is 24.3 Å². The Morgan fingerprint density at radius 3 is 2.67 bits per heavy atom. The lowest BCUT2D eigenvalue weighted by Crippen LogP contribution is -2.32. The summed E-state index contributed by atoms with van der Waals surface area (Å²) in [6.07, 6.45) is 3.10. The smallest absolute Gasteiger partial charge is 0.0976 e. The van der Waals surface area contributed by atoms with Crippen molar-refractivity contribution in [2.45, 2.75) is 38.7 Å². The highest BCUT2D eigenvalue weighted by molar-refractivity contribution is 9.10. The molecule has 1 aliphatic carbocycles. The Morgan fingerprint density at radius 1 is 1.44 bits per heavy atom. The molecule has 3 unspecified atom stereocenters. The van der Waals surface area contributed by atoms with E-state index in [9.17, 15) is 10.4 Å². The molecule has 1 fully saturated rings. The molecule has 96 valence electrons. The van der Waals surface area contributed by atoms with E-state index in [0.29, 0.717) is 5.92 Å². The summed E-state index contributed by atoms with van der Waals surface area (Å²) >= 11 is 3.38. The van der Waals surface area contributed by atoms with Crippen LogP contribution in [-0.4, -0.2) is 5.11 Å². The minimum absolute atomic E-state index is 0.517. The van der Waals surface area contributed by atoms with Crippen molar-refractivity contribution in [2.24, 2.45) is 11.3 Å². The SMILES string of the molecule is CC1CCCC(C#N)(C(O)c2ccc(Br)cc2)C1. The standard InChI is InChI=1S/C15H18BrNO/c1-11-3-2-8-15(9-11,10-17)14(18)12-4-6-13(16)7-5-12/h4-7,11,14,18H,2-3,8-9H2,1H3. The van der Waals surface area contributed by atoms with Crippen LogP contribution in [0.5, 0.6) is 0 Å². The second kappa shape index (κ2) is 5.42. The van der Waals surface area contributed by atoms with Gasteiger partial charge < -0.3 is 5.11 Å². The Kier molecular flexibility index (Phi) is 4.09. The van der Waals surface area contributed by atoms with Crippen LogP contribution in [0.3, 0.4) is 0 Å². The number of nitrogens with zero attached hydrogens (tertiary/aromatic N) is 1. The van der Waals surface area contributed by atoms with Crippen LogP contribution in [0.4, 0.5) is 0 Å². The van der Waals surface area contributed by atoms with Gasteiger partial charge in [0.1, 0.15) is 0 Å². The Bertz CT molecular complexity index is 451. The molecule has 18 heavy (non-hydrogen) atoms. The van der Waals surface area contributed by atoms with E-state index >= 15 is 0 Å². The molecule has 0 saturated heterocycles. The van der Waals surface area contributed by atoms with Crippen molar-refractivity contribution >= 4 is 15.9 Å². The molecule has 0 heterocycles. The normalized spacial score (nSPS) is 29.6. The molecule has 2 rings (SSSR count). The lowest BCUT2D eigenvalue weighted by Gasteiger charge is -2.38.